The lowest BCUT2D eigenvalue weighted by molar-refractivity contribution is -0.126. The largest absolute Gasteiger partial charge is 0.351 e. The average Bonchev–Trinajstić information content (AvgIpc) is 3.37. The smallest absolute Gasteiger partial charge is 0.276 e. The summed E-state index contributed by atoms with van der Waals surface area (Å²) in [6.45, 7) is 2.45. The van der Waals surface area contributed by atoms with Crippen molar-refractivity contribution in [3.63, 3.8) is 0 Å². The Hall–Kier alpha value is -3.06. The number of aryl methyl sites for hydroxylation is 1. The predicted molar refractivity (Wildman–Crippen MR) is 130 cm³/mol. The second-order valence-corrected chi connectivity index (χ2v) is 9.24. The lowest BCUT2D eigenvalue weighted by Crippen LogP contribution is -2.47. The molecule has 1 aliphatic rings. The average molecular weight is 463 g/mol. The maximum Gasteiger partial charge on any atom is 0.276 e. The first kappa shape index (κ1) is 23.1. The molecule has 0 aliphatic heterocycles. The Morgan fingerprint density at radius 1 is 1.09 bits per heavy atom. The molecular weight excluding hydrogens is 432 g/mol. The Morgan fingerprint density at radius 2 is 1.88 bits per heavy atom. The molecule has 3 aromatic rings. The minimum Gasteiger partial charge on any atom is -0.351 e. The van der Waals surface area contributed by atoms with Gasteiger partial charge in [-0.1, -0.05) is 79.4 Å². The van der Waals surface area contributed by atoms with E-state index in [9.17, 15) is 9.59 Å². The number of hydrogen-bond donors (Lipinski definition) is 1. The first-order valence-electron chi connectivity index (χ1n) is 11.6. The summed E-state index contributed by atoms with van der Waals surface area (Å²) in [5, 5.41) is 3.24. The van der Waals surface area contributed by atoms with Gasteiger partial charge in [0.2, 0.25) is 5.91 Å². The molecular formula is C26H30N4O2S. The summed E-state index contributed by atoms with van der Waals surface area (Å²) in [6.07, 6.45) is 7.56. The van der Waals surface area contributed by atoms with Crippen molar-refractivity contribution in [1.82, 2.24) is 19.0 Å². The Kier molecular flexibility index (Phi) is 7.83. The van der Waals surface area contributed by atoms with Gasteiger partial charge >= 0.3 is 0 Å². The Labute approximate surface area is 199 Å². The molecule has 33 heavy (non-hydrogen) atoms. The fourth-order valence-corrected chi connectivity index (χ4v) is 4.91. The van der Waals surface area contributed by atoms with Crippen LogP contribution in [-0.2, 0) is 11.2 Å². The van der Waals surface area contributed by atoms with Crippen LogP contribution >= 0.6 is 11.7 Å². The lowest BCUT2D eigenvalue weighted by atomic mass is 9.94. The molecule has 1 fully saturated rings. The topological polar surface area (TPSA) is 75.2 Å². The van der Waals surface area contributed by atoms with Crippen LogP contribution in [-0.4, -0.2) is 38.0 Å². The van der Waals surface area contributed by atoms with Crippen LogP contribution < -0.4 is 5.32 Å². The molecule has 6 nitrogen and oxygen atoms in total. The summed E-state index contributed by atoms with van der Waals surface area (Å²) in [5.74, 6) is -0.405. The van der Waals surface area contributed by atoms with E-state index in [1.54, 1.807) is 4.90 Å². The van der Waals surface area contributed by atoms with Gasteiger partial charge in [0.15, 0.2) is 5.69 Å². The van der Waals surface area contributed by atoms with Crippen molar-refractivity contribution in [1.29, 1.82) is 0 Å². The molecule has 1 N–H and O–H groups in total. The monoisotopic (exact) mass is 462 g/mol. The fraction of sp³-hybridized carbons (Fsp3) is 0.385. The summed E-state index contributed by atoms with van der Waals surface area (Å²) >= 11 is 0.998. The molecule has 2 aromatic carbocycles. The third kappa shape index (κ3) is 6.05. The van der Waals surface area contributed by atoms with Crippen molar-refractivity contribution in [2.45, 2.75) is 57.5 Å². The van der Waals surface area contributed by atoms with Gasteiger partial charge in [-0.2, -0.15) is 8.75 Å². The SMILES string of the molecule is Cc1cccc(CCN(C(=O)c2cnsn2)C(C(=O)NC2CCCCC2)c2ccccc2)c1. The van der Waals surface area contributed by atoms with E-state index in [0.717, 1.165) is 48.5 Å². The first-order chi connectivity index (χ1) is 16.1. The predicted octanol–water partition coefficient (Wildman–Crippen LogP) is 4.72. The van der Waals surface area contributed by atoms with E-state index in [-0.39, 0.29) is 23.6 Å². The van der Waals surface area contributed by atoms with Crippen molar-refractivity contribution in [2.75, 3.05) is 6.54 Å². The molecule has 4 rings (SSSR count). The zero-order valence-corrected chi connectivity index (χ0v) is 19.8. The molecule has 1 aromatic heterocycles. The number of hydrogen-bond acceptors (Lipinski definition) is 5. The Bertz CT molecular complexity index is 1050. The Balaban J connectivity index is 1.65. The zero-order chi connectivity index (χ0) is 23.0. The van der Waals surface area contributed by atoms with Crippen molar-refractivity contribution in [3.05, 3.63) is 83.2 Å². The Morgan fingerprint density at radius 3 is 2.58 bits per heavy atom. The summed E-state index contributed by atoms with van der Waals surface area (Å²) in [5.41, 5.74) is 3.37. The van der Waals surface area contributed by atoms with Crippen molar-refractivity contribution < 1.29 is 9.59 Å². The molecule has 1 unspecified atom stereocenters. The van der Waals surface area contributed by atoms with Gasteiger partial charge in [-0.3, -0.25) is 9.59 Å². The summed E-state index contributed by atoms with van der Waals surface area (Å²) < 4.78 is 8.17. The van der Waals surface area contributed by atoms with Gasteiger partial charge in [0.25, 0.3) is 5.91 Å². The highest BCUT2D eigenvalue weighted by molar-refractivity contribution is 6.99. The maximum atomic E-state index is 13.7. The van der Waals surface area contributed by atoms with Crippen LogP contribution in [0.1, 0.15) is 65.3 Å². The number of aromatic nitrogens is 2. The normalized spacial score (nSPS) is 15.1. The third-order valence-corrected chi connectivity index (χ3v) is 6.67. The van der Waals surface area contributed by atoms with Crippen LogP contribution in [0.5, 0.6) is 0 Å². The number of carbonyl (C=O) groups is 2. The fourth-order valence-electron chi connectivity index (χ4n) is 4.51. The van der Waals surface area contributed by atoms with E-state index in [2.05, 4.69) is 39.2 Å². The summed E-state index contributed by atoms with van der Waals surface area (Å²) in [4.78, 5) is 28.9. The first-order valence-corrected chi connectivity index (χ1v) is 12.3. The van der Waals surface area contributed by atoms with Crippen LogP contribution in [0.3, 0.4) is 0 Å². The van der Waals surface area contributed by atoms with Crippen LogP contribution in [0.2, 0.25) is 0 Å². The van der Waals surface area contributed by atoms with Gasteiger partial charge in [-0.25, -0.2) is 0 Å². The molecule has 1 heterocycles. The number of nitrogens with zero attached hydrogens (tertiary/aromatic N) is 3. The maximum absolute atomic E-state index is 13.7. The van der Waals surface area contributed by atoms with Crippen LogP contribution in [0.25, 0.3) is 0 Å². The third-order valence-electron chi connectivity index (χ3n) is 6.19. The van der Waals surface area contributed by atoms with Gasteiger partial charge in [0, 0.05) is 12.6 Å². The highest BCUT2D eigenvalue weighted by Gasteiger charge is 2.34. The highest BCUT2D eigenvalue weighted by Crippen LogP contribution is 2.26. The number of carbonyl (C=O) groups excluding carboxylic acids is 2. The molecule has 0 bridgehead atoms. The van der Waals surface area contributed by atoms with Gasteiger partial charge in [0.05, 0.1) is 17.9 Å². The number of rotatable bonds is 8. The standard InChI is InChI=1S/C26H30N4O2S/c1-19-9-8-10-20(17-19)15-16-30(26(32)23-18-27-33-29-23)24(21-11-4-2-5-12-21)25(31)28-22-13-6-3-7-14-22/h2,4-5,8-12,17-18,22,24H,3,6-7,13-16H2,1H3,(H,28,31). The van der Waals surface area contributed by atoms with Crippen LogP contribution in [0.4, 0.5) is 0 Å². The van der Waals surface area contributed by atoms with Gasteiger partial charge < -0.3 is 10.2 Å². The molecule has 0 spiro atoms. The lowest BCUT2D eigenvalue weighted by Gasteiger charge is -2.33. The van der Waals surface area contributed by atoms with E-state index >= 15 is 0 Å². The molecule has 1 atom stereocenters. The molecule has 1 saturated carbocycles. The van der Waals surface area contributed by atoms with Gasteiger partial charge in [-0.05, 0) is 37.3 Å². The van der Waals surface area contributed by atoms with Crippen LogP contribution in [0.15, 0.2) is 60.8 Å². The van der Waals surface area contributed by atoms with E-state index in [1.165, 1.54) is 18.2 Å². The quantitative estimate of drug-likeness (QED) is 0.526. The molecule has 2 amide bonds. The molecule has 172 valence electrons. The second kappa shape index (κ2) is 11.2. The minimum atomic E-state index is -0.730. The van der Waals surface area contributed by atoms with Crippen molar-refractivity contribution in [2.24, 2.45) is 0 Å². The highest BCUT2D eigenvalue weighted by atomic mass is 32.1. The second-order valence-electron chi connectivity index (χ2n) is 8.69. The molecule has 0 radical (unpaired) electrons. The van der Waals surface area contributed by atoms with Gasteiger partial charge in [-0.15, -0.1) is 0 Å². The van der Waals surface area contributed by atoms with Gasteiger partial charge in [0.1, 0.15) is 6.04 Å². The van der Waals surface area contributed by atoms with E-state index < -0.39 is 6.04 Å². The van der Waals surface area contributed by atoms with Crippen molar-refractivity contribution >= 4 is 23.5 Å². The minimum absolute atomic E-state index is 0.131. The summed E-state index contributed by atoms with van der Waals surface area (Å²) in [7, 11) is 0. The van der Waals surface area contributed by atoms with E-state index in [0.29, 0.717) is 13.0 Å². The zero-order valence-electron chi connectivity index (χ0n) is 18.9. The van der Waals surface area contributed by atoms with E-state index in [1.807, 2.05) is 36.4 Å². The number of nitrogens with one attached hydrogen (secondary N) is 1. The molecule has 0 saturated heterocycles. The van der Waals surface area contributed by atoms with Crippen molar-refractivity contribution in [3.8, 4) is 0 Å². The number of benzene rings is 2. The van der Waals surface area contributed by atoms with Crippen LogP contribution in [0, 0.1) is 6.92 Å². The van der Waals surface area contributed by atoms with E-state index in [4.69, 9.17) is 0 Å². The summed E-state index contributed by atoms with van der Waals surface area (Å²) in [6, 6.07) is 17.2. The molecule has 1 aliphatic carbocycles. The molecule has 7 heteroatoms. The number of amides is 2.